The zero-order chi connectivity index (χ0) is 26.7. The molecule has 2 heterocycles. The maximum Gasteiger partial charge on any atom is 0.222 e. The lowest BCUT2D eigenvalue weighted by atomic mass is 10.0. The molecule has 1 amide bonds. The van der Waals surface area contributed by atoms with Crippen molar-refractivity contribution >= 4 is 22.7 Å². The maximum absolute atomic E-state index is 13.2. The molecule has 0 radical (unpaired) electrons. The molecule has 0 saturated heterocycles. The van der Waals surface area contributed by atoms with Crippen molar-refractivity contribution in [2.75, 3.05) is 0 Å². The van der Waals surface area contributed by atoms with Crippen molar-refractivity contribution in [3.05, 3.63) is 84.3 Å². The normalized spacial score (nSPS) is 11.9. The lowest BCUT2D eigenvalue weighted by Gasteiger charge is -2.20. The van der Waals surface area contributed by atoms with Crippen LogP contribution in [0.2, 0.25) is 0 Å². The highest BCUT2D eigenvalue weighted by Gasteiger charge is 2.18. The number of fused-ring (bicyclic) bond motifs is 1. The number of amides is 1. The molecule has 6 nitrogen and oxygen atoms in total. The Bertz CT molecular complexity index is 1350. The van der Waals surface area contributed by atoms with Gasteiger partial charge in [-0.25, -0.2) is 4.98 Å². The van der Waals surface area contributed by atoms with Gasteiger partial charge < -0.3 is 9.88 Å². The fraction of sp³-hybridized carbons (Fsp3) is 0.375. The van der Waals surface area contributed by atoms with Crippen LogP contribution in [0.15, 0.2) is 72.8 Å². The first-order valence-electron chi connectivity index (χ1n) is 13.9. The van der Waals surface area contributed by atoms with Gasteiger partial charge in [-0.1, -0.05) is 75.2 Å². The zero-order valence-electron chi connectivity index (χ0n) is 22.5. The highest BCUT2D eigenvalue weighted by atomic mass is 16.1. The van der Waals surface area contributed by atoms with E-state index in [0.717, 1.165) is 65.9 Å². The van der Waals surface area contributed by atoms with Crippen molar-refractivity contribution in [3.63, 3.8) is 0 Å². The second-order valence-corrected chi connectivity index (χ2v) is 9.70. The molecule has 0 bridgehead atoms. The second kappa shape index (κ2) is 13.7. The molecule has 0 aliphatic rings. The number of carbonyl (C=O) groups excluding carboxylic acids is 2. The van der Waals surface area contributed by atoms with Crippen molar-refractivity contribution in [1.29, 1.82) is 0 Å². The molecule has 198 valence electrons. The Hall–Kier alpha value is -3.80. The summed E-state index contributed by atoms with van der Waals surface area (Å²) in [5.41, 5.74) is 4.84. The Morgan fingerprint density at radius 1 is 0.842 bits per heavy atom. The lowest BCUT2D eigenvalue weighted by Crippen LogP contribution is -2.30. The third-order valence-electron chi connectivity index (χ3n) is 6.99. The molecule has 0 aliphatic heterocycles. The number of rotatable bonds is 14. The molecule has 4 rings (SSSR count). The summed E-state index contributed by atoms with van der Waals surface area (Å²) in [6, 6.07) is 24.0. The van der Waals surface area contributed by atoms with Crippen molar-refractivity contribution in [2.45, 2.75) is 77.8 Å². The minimum absolute atomic E-state index is 0.00269. The molecule has 0 fully saturated rings. The lowest BCUT2D eigenvalue weighted by molar-refractivity contribution is -0.122. The van der Waals surface area contributed by atoms with E-state index in [2.05, 4.69) is 22.9 Å². The second-order valence-electron chi connectivity index (χ2n) is 9.70. The first-order chi connectivity index (χ1) is 18.6. The van der Waals surface area contributed by atoms with E-state index < -0.39 is 0 Å². The van der Waals surface area contributed by atoms with Gasteiger partial charge in [0.2, 0.25) is 5.91 Å². The first kappa shape index (κ1) is 27.2. The minimum Gasteiger partial charge on any atom is -0.348 e. The topological polar surface area (TPSA) is 76.9 Å². The zero-order valence-corrected chi connectivity index (χ0v) is 22.5. The van der Waals surface area contributed by atoms with Gasteiger partial charge in [-0.15, -0.1) is 0 Å². The molecule has 0 saturated carbocycles. The molecule has 38 heavy (non-hydrogen) atoms. The average molecular weight is 511 g/mol. The average Bonchev–Trinajstić information content (AvgIpc) is 3.33. The number of nitrogens with one attached hydrogen (secondary N) is 1. The Kier molecular flexibility index (Phi) is 9.79. The van der Waals surface area contributed by atoms with Crippen molar-refractivity contribution in [1.82, 2.24) is 19.9 Å². The van der Waals surface area contributed by atoms with E-state index >= 15 is 0 Å². The number of ketones is 1. The number of aryl methyl sites for hydroxylation is 2. The summed E-state index contributed by atoms with van der Waals surface area (Å²) in [5, 5.41) is 3.27. The quantitative estimate of drug-likeness (QED) is 0.188. The molecule has 2 aromatic heterocycles. The Labute approximate surface area is 225 Å². The van der Waals surface area contributed by atoms with Crippen molar-refractivity contribution in [2.24, 2.45) is 0 Å². The molecule has 1 N–H and O–H groups in total. The van der Waals surface area contributed by atoms with Gasteiger partial charge >= 0.3 is 0 Å². The molecule has 1 atom stereocenters. The summed E-state index contributed by atoms with van der Waals surface area (Å²) >= 11 is 0. The summed E-state index contributed by atoms with van der Waals surface area (Å²) in [4.78, 5) is 34.5. The van der Waals surface area contributed by atoms with E-state index in [-0.39, 0.29) is 11.9 Å². The number of para-hydroxylation sites is 2. The third kappa shape index (κ3) is 7.15. The van der Waals surface area contributed by atoms with Gasteiger partial charge in [-0.2, -0.15) is 0 Å². The molecular weight excluding hydrogens is 472 g/mol. The number of hydrogen-bond donors (Lipinski definition) is 1. The number of Topliss-reactive ketones (excluding diaryl/α,β-unsaturated/α-hetero) is 1. The van der Waals surface area contributed by atoms with E-state index in [1.807, 2.05) is 73.7 Å². The van der Waals surface area contributed by atoms with Crippen LogP contribution in [0.1, 0.15) is 76.4 Å². The largest absolute Gasteiger partial charge is 0.348 e. The van der Waals surface area contributed by atoms with Crippen LogP contribution in [-0.4, -0.2) is 26.2 Å². The number of hydrogen-bond acceptors (Lipinski definition) is 4. The van der Waals surface area contributed by atoms with Gasteiger partial charge in [-0.3, -0.25) is 14.6 Å². The Balaban J connectivity index is 1.46. The van der Waals surface area contributed by atoms with Crippen LogP contribution in [0.3, 0.4) is 0 Å². The summed E-state index contributed by atoms with van der Waals surface area (Å²) < 4.78 is 2.16. The van der Waals surface area contributed by atoms with Crippen LogP contribution in [0, 0.1) is 0 Å². The third-order valence-corrected chi connectivity index (χ3v) is 6.99. The Morgan fingerprint density at radius 3 is 2.42 bits per heavy atom. The predicted octanol–water partition coefficient (Wildman–Crippen LogP) is 6.84. The van der Waals surface area contributed by atoms with Gasteiger partial charge in [0, 0.05) is 37.8 Å². The van der Waals surface area contributed by atoms with E-state index in [0.29, 0.717) is 31.6 Å². The fourth-order valence-electron chi connectivity index (χ4n) is 4.86. The number of pyridine rings is 1. The van der Waals surface area contributed by atoms with Crippen LogP contribution in [0.5, 0.6) is 0 Å². The number of aromatic nitrogens is 3. The van der Waals surface area contributed by atoms with Crippen molar-refractivity contribution < 1.29 is 9.59 Å². The van der Waals surface area contributed by atoms with Gasteiger partial charge in [0.1, 0.15) is 11.6 Å². The van der Waals surface area contributed by atoms with Crippen LogP contribution in [0.25, 0.3) is 22.3 Å². The van der Waals surface area contributed by atoms with E-state index in [1.165, 1.54) is 0 Å². The van der Waals surface area contributed by atoms with Gasteiger partial charge in [-0.05, 0) is 37.1 Å². The maximum atomic E-state index is 13.2. The number of nitrogens with zero attached hydrogens (tertiary/aromatic N) is 3. The number of carbonyl (C=O) groups is 2. The van der Waals surface area contributed by atoms with E-state index in [1.54, 1.807) is 0 Å². The molecule has 0 aliphatic carbocycles. The van der Waals surface area contributed by atoms with Gasteiger partial charge in [0.15, 0.2) is 0 Å². The predicted molar refractivity (Wildman–Crippen MR) is 153 cm³/mol. The highest BCUT2D eigenvalue weighted by molar-refractivity contribution is 5.78. The standard InChI is InChI=1S/C32H38N4O2/c1-3-25(37)16-9-6-10-17-28(27-20-13-19-26(33-27)24-14-7-5-8-15-24)35-32(38)22-23-36-30-21-12-11-18-29(30)34-31(36)4-2/h5,7-8,11-15,18-21,28H,3-4,6,9-10,16-17,22-23H2,1-2H3,(H,35,38)/t28-/m0/s1. The smallest absolute Gasteiger partial charge is 0.222 e. The van der Waals surface area contributed by atoms with Crippen LogP contribution in [0.4, 0.5) is 0 Å². The molecule has 6 heteroatoms. The molecule has 4 aromatic rings. The molecular formula is C32H38N4O2. The van der Waals surface area contributed by atoms with E-state index in [4.69, 9.17) is 9.97 Å². The van der Waals surface area contributed by atoms with E-state index in [9.17, 15) is 9.59 Å². The summed E-state index contributed by atoms with van der Waals surface area (Å²) in [6.45, 7) is 4.58. The van der Waals surface area contributed by atoms with Crippen LogP contribution >= 0.6 is 0 Å². The summed E-state index contributed by atoms with van der Waals surface area (Å²) in [6.07, 6.45) is 5.96. The molecule has 0 unspecified atom stereocenters. The first-order valence-corrected chi connectivity index (χ1v) is 13.9. The van der Waals surface area contributed by atoms with Crippen LogP contribution < -0.4 is 5.32 Å². The molecule has 0 spiro atoms. The summed E-state index contributed by atoms with van der Waals surface area (Å²) in [7, 11) is 0. The Morgan fingerprint density at radius 2 is 1.63 bits per heavy atom. The monoisotopic (exact) mass is 510 g/mol. The number of benzene rings is 2. The number of imidazole rings is 1. The fourth-order valence-corrected chi connectivity index (χ4v) is 4.86. The van der Waals surface area contributed by atoms with Gasteiger partial charge in [0.25, 0.3) is 0 Å². The van der Waals surface area contributed by atoms with Gasteiger partial charge in [0.05, 0.1) is 28.5 Å². The minimum atomic E-state index is -0.182. The highest BCUT2D eigenvalue weighted by Crippen LogP contribution is 2.24. The summed E-state index contributed by atoms with van der Waals surface area (Å²) in [5.74, 6) is 1.31. The number of unbranched alkanes of at least 4 members (excludes halogenated alkanes) is 2. The van der Waals surface area contributed by atoms with Crippen molar-refractivity contribution in [3.8, 4) is 11.3 Å². The van der Waals surface area contributed by atoms with Crippen LogP contribution in [-0.2, 0) is 22.6 Å². The SMILES string of the molecule is CCC(=O)CCCCC[C@H](NC(=O)CCn1c(CC)nc2ccccc21)c1cccc(-c2ccccc2)n1. The molecule has 2 aromatic carbocycles.